The number of aromatic amines is 1. The van der Waals surface area contributed by atoms with E-state index in [1.807, 2.05) is 55.5 Å². The zero-order chi connectivity index (χ0) is 23.8. The number of carbonyl (C=O) groups excluding carboxylic acids is 1. The SMILES string of the molecule is CCCCN(C(=O)/C=C/c1cccc(OC)c1)c1c(N)n(Cc2ccccc2)c(=O)[nH]c1=O. The summed E-state index contributed by atoms with van der Waals surface area (Å²) < 4.78 is 6.48. The van der Waals surface area contributed by atoms with E-state index in [0.29, 0.717) is 12.2 Å². The lowest BCUT2D eigenvalue weighted by atomic mass is 10.2. The van der Waals surface area contributed by atoms with Crippen molar-refractivity contribution < 1.29 is 9.53 Å². The lowest BCUT2D eigenvalue weighted by Crippen LogP contribution is -2.41. The molecule has 0 fully saturated rings. The number of nitrogens with two attached hydrogens (primary N) is 1. The highest BCUT2D eigenvalue weighted by molar-refractivity contribution is 6.05. The molecule has 172 valence electrons. The average Bonchev–Trinajstić information content (AvgIpc) is 2.83. The highest BCUT2D eigenvalue weighted by atomic mass is 16.5. The van der Waals surface area contributed by atoms with Crippen molar-refractivity contribution in [3.05, 3.63) is 92.6 Å². The number of aromatic nitrogens is 2. The van der Waals surface area contributed by atoms with Gasteiger partial charge in [0.2, 0.25) is 0 Å². The number of nitrogens with zero attached hydrogens (tertiary/aromatic N) is 2. The van der Waals surface area contributed by atoms with Crippen molar-refractivity contribution in [2.45, 2.75) is 26.3 Å². The van der Waals surface area contributed by atoms with Gasteiger partial charge in [-0.1, -0.05) is 55.8 Å². The number of hydrogen-bond donors (Lipinski definition) is 2. The predicted octanol–water partition coefficient (Wildman–Crippen LogP) is 3.02. The molecule has 0 spiro atoms. The molecule has 1 heterocycles. The summed E-state index contributed by atoms with van der Waals surface area (Å²) in [4.78, 5) is 42.0. The normalized spacial score (nSPS) is 11.0. The Bertz CT molecular complexity index is 1250. The number of hydrogen-bond acceptors (Lipinski definition) is 5. The van der Waals surface area contributed by atoms with E-state index in [4.69, 9.17) is 10.5 Å². The molecule has 1 aromatic heterocycles. The van der Waals surface area contributed by atoms with Gasteiger partial charge in [0.25, 0.3) is 11.5 Å². The smallest absolute Gasteiger partial charge is 0.330 e. The predicted molar refractivity (Wildman–Crippen MR) is 131 cm³/mol. The van der Waals surface area contributed by atoms with E-state index in [-0.39, 0.29) is 24.6 Å². The van der Waals surface area contributed by atoms with Crippen LogP contribution in [0.4, 0.5) is 11.5 Å². The van der Waals surface area contributed by atoms with Crippen molar-refractivity contribution in [2.24, 2.45) is 0 Å². The molecular weight excluding hydrogens is 420 g/mol. The molecule has 0 saturated carbocycles. The molecule has 0 unspecified atom stereocenters. The minimum atomic E-state index is -0.693. The van der Waals surface area contributed by atoms with Gasteiger partial charge in [-0.2, -0.15) is 0 Å². The number of amides is 1. The van der Waals surface area contributed by atoms with Gasteiger partial charge in [-0.05, 0) is 35.8 Å². The summed E-state index contributed by atoms with van der Waals surface area (Å²) >= 11 is 0. The number of carbonyl (C=O) groups is 1. The van der Waals surface area contributed by atoms with E-state index >= 15 is 0 Å². The molecule has 3 rings (SSSR count). The monoisotopic (exact) mass is 448 g/mol. The third-order valence-electron chi connectivity index (χ3n) is 5.18. The first kappa shape index (κ1) is 23.6. The van der Waals surface area contributed by atoms with Gasteiger partial charge in [-0.3, -0.25) is 19.1 Å². The fraction of sp³-hybridized carbons (Fsp3) is 0.240. The van der Waals surface area contributed by atoms with E-state index < -0.39 is 17.2 Å². The van der Waals surface area contributed by atoms with Crippen LogP contribution >= 0.6 is 0 Å². The Morgan fingerprint density at radius 1 is 1.15 bits per heavy atom. The molecule has 3 aromatic rings. The van der Waals surface area contributed by atoms with Crippen LogP contribution in [0, 0.1) is 0 Å². The highest BCUT2D eigenvalue weighted by Crippen LogP contribution is 2.20. The number of H-pyrrole nitrogens is 1. The lowest BCUT2D eigenvalue weighted by Gasteiger charge is -2.23. The molecule has 33 heavy (non-hydrogen) atoms. The quantitative estimate of drug-likeness (QED) is 0.489. The van der Waals surface area contributed by atoms with Crippen molar-refractivity contribution in [2.75, 3.05) is 24.3 Å². The standard InChI is InChI=1S/C25H28N4O4/c1-3-4-15-28(21(30)14-13-18-11-8-12-20(16-18)33-2)22-23(26)29(25(32)27-24(22)31)17-19-9-6-5-7-10-19/h5-14,16H,3-4,15,17,26H2,1-2H3,(H,27,31,32)/b14-13+. The second kappa shape index (κ2) is 11.0. The molecule has 8 heteroatoms. The minimum absolute atomic E-state index is 0.0285. The van der Waals surface area contributed by atoms with Gasteiger partial charge in [0.05, 0.1) is 13.7 Å². The second-order valence-corrected chi connectivity index (χ2v) is 7.52. The summed E-state index contributed by atoms with van der Waals surface area (Å²) in [5.41, 5.74) is 6.56. The minimum Gasteiger partial charge on any atom is -0.497 e. The van der Waals surface area contributed by atoms with Crippen LogP contribution in [-0.2, 0) is 11.3 Å². The van der Waals surface area contributed by atoms with Crippen LogP contribution in [0.3, 0.4) is 0 Å². The molecule has 0 aliphatic heterocycles. The Labute approximate surface area is 191 Å². The summed E-state index contributed by atoms with van der Waals surface area (Å²) in [6.07, 6.45) is 4.50. The summed E-state index contributed by atoms with van der Waals surface area (Å²) in [6.45, 7) is 2.44. The lowest BCUT2D eigenvalue weighted by molar-refractivity contribution is -0.114. The summed E-state index contributed by atoms with van der Waals surface area (Å²) in [5.74, 6) is 0.210. The molecule has 0 radical (unpaired) electrons. The number of benzene rings is 2. The van der Waals surface area contributed by atoms with E-state index in [9.17, 15) is 14.4 Å². The van der Waals surface area contributed by atoms with Gasteiger partial charge < -0.3 is 15.4 Å². The summed E-state index contributed by atoms with van der Waals surface area (Å²) in [7, 11) is 1.57. The van der Waals surface area contributed by atoms with E-state index in [1.165, 1.54) is 15.5 Å². The summed E-state index contributed by atoms with van der Waals surface area (Å²) in [5, 5.41) is 0. The van der Waals surface area contributed by atoms with E-state index in [1.54, 1.807) is 19.3 Å². The van der Waals surface area contributed by atoms with E-state index in [0.717, 1.165) is 17.5 Å². The van der Waals surface area contributed by atoms with Gasteiger partial charge in [-0.15, -0.1) is 0 Å². The van der Waals surface area contributed by atoms with Gasteiger partial charge in [0.1, 0.15) is 11.6 Å². The number of rotatable bonds is 9. The number of nitrogens with one attached hydrogen (secondary N) is 1. The van der Waals surface area contributed by atoms with Crippen LogP contribution in [0.15, 0.2) is 70.3 Å². The van der Waals surface area contributed by atoms with Gasteiger partial charge in [0.15, 0.2) is 5.69 Å². The number of nitrogen functional groups attached to an aromatic ring is 1. The van der Waals surface area contributed by atoms with Crippen LogP contribution < -0.4 is 26.6 Å². The first-order valence-corrected chi connectivity index (χ1v) is 10.7. The Balaban J connectivity index is 1.99. The molecular formula is C25H28N4O4. The molecule has 0 aliphatic carbocycles. The third kappa shape index (κ3) is 5.79. The van der Waals surface area contributed by atoms with Crippen molar-refractivity contribution in [1.29, 1.82) is 0 Å². The van der Waals surface area contributed by atoms with Gasteiger partial charge in [0, 0.05) is 12.6 Å². The second-order valence-electron chi connectivity index (χ2n) is 7.52. The largest absolute Gasteiger partial charge is 0.497 e. The Kier molecular flexibility index (Phi) is 7.86. The van der Waals surface area contributed by atoms with Crippen molar-refractivity contribution in [3.8, 4) is 5.75 Å². The average molecular weight is 449 g/mol. The zero-order valence-electron chi connectivity index (χ0n) is 18.8. The maximum atomic E-state index is 13.1. The first-order valence-electron chi connectivity index (χ1n) is 10.7. The van der Waals surface area contributed by atoms with Crippen LogP contribution in [0.5, 0.6) is 5.75 Å². The molecule has 2 aromatic carbocycles. The van der Waals surface area contributed by atoms with E-state index in [2.05, 4.69) is 4.98 Å². The molecule has 0 aliphatic rings. The van der Waals surface area contributed by atoms with Gasteiger partial charge in [-0.25, -0.2) is 4.79 Å². The number of ether oxygens (including phenoxy) is 1. The maximum absolute atomic E-state index is 13.1. The molecule has 0 atom stereocenters. The topological polar surface area (TPSA) is 110 Å². The third-order valence-corrected chi connectivity index (χ3v) is 5.18. The van der Waals surface area contributed by atoms with Crippen LogP contribution in [0.25, 0.3) is 6.08 Å². The fourth-order valence-corrected chi connectivity index (χ4v) is 3.41. The Morgan fingerprint density at radius 2 is 1.91 bits per heavy atom. The zero-order valence-corrected chi connectivity index (χ0v) is 18.8. The Hall–Kier alpha value is -4.07. The molecule has 1 amide bonds. The highest BCUT2D eigenvalue weighted by Gasteiger charge is 2.22. The van der Waals surface area contributed by atoms with Crippen LogP contribution in [-0.4, -0.2) is 29.1 Å². The maximum Gasteiger partial charge on any atom is 0.330 e. The number of anilines is 2. The summed E-state index contributed by atoms with van der Waals surface area (Å²) in [6, 6.07) is 16.5. The van der Waals surface area contributed by atoms with Crippen molar-refractivity contribution in [1.82, 2.24) is 9.55 Å². The van der Waals surface area contributed by atoms with Crippen LogP contribution in [0.1, 0.15) is 30.9 Å². The molecule has 3 N–H and O–H groups in total. The Morgan fingerprint density at radius 3 is 2.61 bits per heavy atom. The first-order chi connectivity index (χ1) is 15.9. The van der Waals surface area contributed by atoms with Crippen LogP contribution in [0.2, 0.25) is 0 Å². The van der Waals surface area contributed by atoms with Crippen molar-refractivity contribution >= 4 is 23.5 Å². The number of methoxy groups -OCH3 is 1. The molecule has 0 saturated heterocycles. The molecule has 8 nitrogen and oxygen atoms in total. The fourth-order valence-electron chi connectivity index (χ4n) is 3.41. The molecule has 0 bridgehead atoms. The number of unbranched alkanes of at least 4 members (excludes halogenated alkanes) is 1. The van der Waals surface area contributed by atoms with Crippen molar-refractivity contribution in [3.63, 3.8) is 0 Å². The van der Waals surface area contributed by atoms with Gasteiger partial charge >= 0.3 is 5.69 Å².